The Morgan fingerprint density at radius 1 is 1.50 bits per heavy atom. The zero-order valence-electron chi connectivity index (χ0n) is 10.9. The van der Waals surface area contributed by atoms with Crippen molar-refractivity contribution in [3.05, 3.63) is 21.9 Å². The van der Waals surface area contributed by atoms with E-state index in [0.717, 1.165) is 11.3 Å². The second-order valence-corrected chi connectivity index (χ2v) is 5.79. The summed E-state index contributed by atoms with van der Waals surface area (Å²) in [5.41, 5.74) is -0.810. The summed E-state index contributed by atoms with van der Waals surface area (Å²) in [5, 5.41) is 14.3. The van der Waals surface area contributed by atoms with E-state index in [0.29, 0.717) is 32.5 Å². The summed E-state index contributed by atoms with van der Waals surface area (Å²) in [5.74, 6) is -0.516. The number of halogens is 2. The molecule has 0 bridgehead atoms. The molecule has 2 rings (SSSR count). The van der Waals surface area contributed by atoms with Crippen molar-refractivity contribution in [2.75, 3.05) is 19.8 Å². The fraction of sp³-hybridized carbons (Fsp3) is 0.615. The maximum atomic E-state index is 12.7. The second-order valence-electron chi connectivity index (χ2n) is 4.84. The molecular formula is C13H17F2NO3S. The van der Waals surface area contributed by atoms with Crippen molar-refractivity contribution in [2.45, 2.75) is 31.3 Å². The van der Waals surface area contributed by atoms with Gasteiger partial charge in [0, 0.05) is 19.8 Å². The van der Waals surface area contributed by atoms with Gasteiger partial charge in [-0.25, -0.2) is 8.78 Å². The average molecular weight is 305 g/mol. The number of alkyl halides is 2. The molecule has 1 amide bonds. The van der Waals surface area contributed by atoms with E-state index in [1.807, 2.05) is 0 Å². The molecule has 112 valence electrons. The van der Waals surface area contributed by atoms with Crippen molar-refractivity contribution in [1.82, 2.24) is 5.32 Å². The van der Waals surface area contributed by atoms with Gasteiger partial charge in [0.15, 0.2) is 0 Å². The van der Waals surface area contributed by atoms with Gasteiger partial charge in [0.2, 0.25) is 0 Å². The zero-order chi connectivity index (χ0) is 14.6. The van der Waals surface area contributed by atoms with E-state index in [9.17, 15) is 18.7 Å². The minimum absolute atomic E-state index is 0.0176. The molecule has 1 saturated heterocycles. The van der Waals surface area contributed by atoms with Crippen LogP contribution in [-0.4, -0.2) is 36.4 Å². The number of ether oxygens (including phenoxy) is 1. The summed E-state index contributed by atoms with van der Waals surface area (Å²) in [6, 6.07) is 1.39. The number of thiophene rings is 1. The summed E-state index contributed by atoms with van der Waals surface area (Å²) in [7, 11) is 0. The number of hydrogen-bond donors (Lipinski definition) is 2. The second kappa shape index (κ2) is 6.60. The first-order chi connectivity index (χ1) is 9.52. The molecule has 0 aromatic carbocycles. The maximum Gasteiger partial charge on any atom is 0.273 e. The van der Waals surface area contributed by atoms with E-state index < -0.39 is 17.9 Å². The molecule has 0 atom stereocenters. The monoisotopic (exact) mass is 305 g/mol. The topological polar surface area (TPSA) is 58.6 Å². The quantitative estimate of drug-likeness (QED) is 0.878. The molecule has 0 unspecified atom stereocenters. The van der Waals surface area contributed by atoms with Gasteiger partial charge in [-0.3, -0.25) is 4.79 Å². The van der Waals surface area contributed by atoms with Gasteiger partial charge in [0.25, 0.3) is 12.3 Å². The minimum atomic E-state index is -2.64. The van der Waals surface area contributed by atoms with Gasteiger partial charge in [-0.1, -0.05) is 0 Å². The molecule has 1 fully saturated rings. The molecule has 1 aromatic rings. The number of aliphatic hydroxyl groups is 1. The molecule has 20 heavy (non-hydrogen) atoms. The Bertz CT molecular complexity index is 458. The number of amides is 1. The van der Waals surface area contributed by atoms with Crippen LogP contribution in [0.25, 0.3) is 0 Å². The van der Waals surface area contributed by atoms with Crippen LogP contribution in [0, 0.1) is 0 Å². The largest absolute Gasteiger partial charge is 0.390 e. The molecule has 0 aliphatic carbocycles. The lowest BCUT2D eigenvalue weighted by atomic mass is 9.91. The highest BCUT2D eigenvalue weighted by molar-refractivity contribution is 7.10. The molecule has 0 radical (unpaired) electrons. The lowest BCUT2D eigenvalue weighted by molar-refractivity contribution is -0.0670. The Labute approximate surface area is 119 Å². The first kappa shape index (κ1) is 15.3. The van der Waals surface area contributed by atoms with E-state index in [-0.39, 0.29) is 17.0 Å². The molecule has 1 aromatic heterocycles. The van der Waals surface area contributed by atoms with Crippen LogP contribution in [0.15, 0.2) is 11.4 Å². The van der Waals surface area contributed by atoms with Crippen LogP contribution >= 0.6 is 11.3 Å². The van der Waals surface area contributed by atoms with Gasteiger partial charge in [-0.05, 0) is 30.7 Å². The Kier molecular flexibility index (Phi) is 5.06. The maximum absolute atomic E-state index is 12.7. The van der Waals surface area contributed by atoms with Crippen molar-refractivity contribution >= 4 is 17.2 Å². The fourth-order valence-electron chi connectivity index (χ4n) is 2.18. The van der Waals surface area contributed by atoms with Gasteiger partial charge >= 0.3 is 0 Å². The number of hydrogen-bond acceptors (Lipinski definition) is 4. The van der Waals surface area contributed by atoms with Gasteiger partial charge in [0.1, 0.15) is 0 Å². The average Bonchev–Trinajstić information content (AvgIpc) is 2.88. The molecule has 2 heterocycles. The summed E-state index contributed by atoms with van der Waals surface area (Å²) < 4.78 is 30.5. The van der Waals surface area contributed by atoms with Crippen molar-refractivity contribution in [3.8, 4) is 0 Å². The predicted octanol–water partition coefficient (Wildman–Crippen LogP) is 2.35. The van der Waals surface area contributed by atoms with Gasteiger partial charge < -0.3 is 15.2 Å². The van der Waals surface area contributed by atoms with Crippen LogP contribution in [0.3, 0.4) is 0 Å². The Balaban J connectivity index is 1.84. The molecule has 1 aliphatic heterocycles. The molecule has 1 aliphatic rings. The summed E-state index contributed by atoms with van der Waals surface area (Å²) in [4.78, 5) is 11.6. The first-order valence-electron chi connectivity index (χ1n) is 6.46. The van der Waals surface area contributed by atoms with Crippen LogP contribution in [-0.2, 0) is 4.74 Å². The number of carbonyl (C=O) groups is 1. The number of nitrogens with one attached hydrogen (secondary N) is 1. The van der Waals surface area contributed by atoms with Crippen molar-refractivity contribution in [3.63, 3.8) is 0 Å². The summed E-state index contributed by atoms with van der Waals surface area (Å²) >= 11 is 0.870. The summed E-state index contributed by atoms with van der Waals surface area (Å²) in [6.07, 6.45) is -1.18. The molecule has 7 heteroatoms. The fourth-order valence-corrected chi connectivity index (χ4v) is 2.92. The highest BCUT2D eigenvalue weighted by Crippen LogP contribution is 2.28. The van der Waals surface area contributed by atoms with E-state index >= 15 is 0 Å². The Morgan fingerprint density at radius 2 is 2.20 bits per heavy atom. The highest BCUT2D eigenvalue weighted by Gasteiger charge is 2.29. The lowest BCUT2D eigenvalue weighted by Crippen LogP contribution is -2.39. The SMILES string of the molecule is O=C(NCCC1(O)CCOCC1)c1ccsc1C(F)F. The van der Waals surface area contributed by atoms with Crippen LogP contribution in [0.2, 0.25) is 0 Å². The molecular weight excluding hydrogens is 288 g/mol. The third-order valence-corrected chi connectivity index (χ3v) is 4.36. The van der Waals surface area contributed by atoms with Crippen LogP contribution in [0.1, 0.15) is 40.9 Å². The van der Waals surface area contributed by atoms with E-state index in [1.54, 1.807) is 0 Å². The van der Waals surface area contributed by atoms with Gasteiger partial charge in [-0.15, -0.1) is 11.3 Å². The van der Waals surface area contributed by atoms with Crippen molar-refractivity contribution < 1.29 is 23.4 Å². The van der Waals surface area contributed by atoms with E-state index in [4.69, 9.17) is 4.74 Å². The van der Waals surface area contributed by atoms with Gasteiger partial charge in [-0.2, -0.15) is 0 Å². The third-order valence-electron chi connectivity index (χ3n) is 3.44. The van der Waals surface area contributed by atoms with Crippen LogP contribution in [0.5, 0.6) is 0 Å². The minimum Gasteiger partial charge on any atom is -0.390 e. The van der Waals surface area contributed by atoms with Crippen LogP contribution < -0.4 is 5.32 Å². The van der Waals surface area contributed by atoms with Crippen LogP contribution in [0.4, 0.5) is 8.78 Å². The Hall–Kier alpha value is -1.05. The van der Waals surface area contributed by atoms with Crippen molar-refractivity contribution in [1.29, 1.82) is 0 Å². The number of rotatable bonds is 5. The lowest BCUT2D eigenvalue weighted by Gasteiger charge is -2.32. The molecule has 0 saturated carbocycles. The molecule has 0 spiro atoms. The predicted molar refractivity (Wildman–Crippen MR) is 71.2 cm³/mol. The van der Waals surface area contributed by atoms with Crippen molar-refractivity contribution in [2.24, 2.45) is 0 Å². The number of carbonyl (C=O) groups excluding carboxylic acids is 1. The van der Waals surface area contributed by atoms with E-state index in [1.165, 1.54) is 11.4 Å². The zero-order valence-corrected chi connectivity index (χ0v) is 11.7. The smallest absolute Gasteiger partial charge is 0.273 e. The van der Waals surface area contributed by atoms with E-state index in [2.05, 4.69) is 5.32 Å². The first-order valence-corrected chi connectivity index (χ1v) is 7.34. The third kappa shape index (κ3) is 3.74. The normalized spacial score (nSPS) is 18.2. The highest BCUT2D eigenvalue weighted by atomic mass is 32.1. The van der Waals surface area contributed by atoms with Gasteiger partial charge in [0.05, 0.1) is 16.0 Å². The summed E-state index contributed by atoms with van der Waals surface area (Å²) in [6.45, 7) is 1.27. The molecule has 2 N–H and O–H groups in total. The molecule has 4 nitrogen and oxygen atoms in total. The Morgan fingerprint density at radius 3 is 2.85 bits per heavy atom. The standard InChI is InChI=1S/C13H17F2NO3S/c14-11(15)10-9(1-8-20-10)12(17)16-5-2-13(18)3-6-19-7-4-13/h1,8,11,18H,2-7H2,(H,16,17).